The highest BCUT2D eigenvalue weighted by molar-refractivity contribution is 5.30. The van der Waals surface area contributed by atoms with Gasteiger partial charge in [0.25, 0.3) is 0 Å². The van der Waals surface area contributed by atoms with E-state index < -0.39 is 0 Å². The minimum Gasteiger partial charge on any atom is -0.341 e. The molecule has 2 rings (SSSR count). The minimum absolute atomic E-state index is 0.158. The minimum atomic E-state index is 0.158. The smallest absolute Gasteiger partial charge is 0.225 e. The lowest BCUT2D eigenvalue weighted by Crippen LogP contribution is -2.27. The second kappa shape index (κ2) is 6.73. The summed E-state index contributed by atoms with van der Waals surface area (Å²) in [5.74, 6) is 1.66. The molecule has 1 aliphatic heterocycles. The van der Waals surface area contributed by atoms with Crippen LogP contribution in [0.4, 0.5) is 5.95 Å². The normalized spacial score (nSPS) is 22.0. The SMILES string of the molecule is CC(N)Cc1cnc(N2CCCC(C(C)(C)C)CC2)nc1. The fourth-order valence-electron chi connectivity index (χ4n) is 3.15. The second-order valence-electron chi connectivity index (χ2n) is 7.55. The Morgan fingerprint density at radius 2 is 1.90 bits per heavy atom. The summed E-state index contributed by atoms with van der Waals surface area (Å²) in [5.41, 5.74) is 7.34. The summed E-state index contributed by atoms with van der Waals surface area (Å²) in [6.07, 6.45) is 8.46. The van der Waals surface area contributed by atoms with Crippen molar-refractivity contribution in [3.05, 3.63) is 18.0 Å². The molecule has 0 saturated carbocycles. The molecule has 1 aromatic rings. The van der Waals surface area contributed by atoms with Gasteiger partial charge in [-0.2, -0.15) is 0 Å². The molecule has 1 aromatic heterocycles. The van der Waals surface area contributed by atoms with Crippen LogP contribution >= 0.6 is 0 Å². The van der Waals surface area contributed by atoms with Crippen molar-refractivity contribution in [1.82, 2.24) is 9.97 Å². The van der Waals surface area contributed by atoms with Crippen LogP contribution in [0, 0.1) is 11.3 Å². The van der Waals surface area contributed by atoms with Gasteiger partial charge in [0.15, 0.2) is 0 Å². The number of nitrogens with zero attached hydrogens (tertiary/aromatic N) is 3. The summed E-state index contributed by atoms with van der Waals surface area (Å²) >= 11 is 0. The molecule has 0 aliphatic carbocycles. The first-order chi connectivity index (χ1) is 9.86. The van der Waals surface area contributed by atoms with E-state index in [1.165, 1.54) is 19.3 Å². The van der Waals surface area contributed by atoms with Crippen molar-refractivity contribution in [2.75, 3.05) is 18.0 Å². The number of aromatic nitrogens is 2. The third kappa shape index (κ3) is 4.67. The summed E-state index contributed by atoms with van der Waals surface area (Å²) in [6, 6.07) is 0.158. The molecule has 0 aromatic carbocycles. The molecule has 0 amide bonds. The van der Waals surface area contributed by atoms with Gasteiger partial charge in [-0.3, -0.25) is 0 Å². The van der Waals surface area contributed by atoms with E-state index in [2.05, 4.69) is 35.6 Å². The maximum atomic E-state index is 5.82. The number of rotatable bonds is 3. The summed E-state index contributed by atoms with van der Waals surface area (Å²) in [4.78, 5) is 11.4. The quantitative estimate of drug-likeness (QED) is 0.929. The van der Waals surface area contributed by atoms with Crippen molar-refractivity contribution in [2.24, 2.45) is 17.1 Å². The Morgan fingerprint density at radius 3 is 2.48 bits per heavy atom. The van der Waals surface area contributed by atoms with Crippen molar-refractivity contribution in [2.45, 2.75) is 59.4 Å². The molecule has 2 N–H and O–H groups in total. The molecule has 2 heterocycles. The standard InChI is InChI=1S/C17H30N4/c1-13(18)10-14-11-19-16(20-12-14)21-8-5-6-15(7-9-21)17(2,3)4/h11-13,15H,5-10,18H2,1-4H3. The lowest BCUT2D eigenvalue weighted by Gasteiger charge is -2.29. The maximum absolute atomic E-state index is 5.82. The van der Waals surface area contributed by atoms with Crippen LogP contribution in [0.2, 0.25) is 0 Å². The second-order valence-corrected chi connectivity index (χ2v) is 7.55. The Morgan fingerprint density at radius 1 is 1.24 bits per heavy atom. The van der Waals surface area contributed by atoms with Crippen molar-refractivity contribution in [3.8, 4) is 0 Å². The van der Waals surface area contributed by atoms with Crippen molar-refractivity contribution < 1.29 is 0 Å². The highest BCUT2D eigenvalue weighted by atomic mass is 15.2. The van der Waals surface area contributed by atoms with Crippen LogP contribution in [0.15, 0.2) is 12.4 Å². The van der Waals surface area contributed by atoms with Crippen molar-refractivity contribution in [1.29, 1.82) is 0 Å². The van der Waals surface area contributed by atoms with Crippen molar-refractivity contribution in [3.63, 3.8) is 0 Å². The first-order valence-electron chi connectivity index (χ1n) is 8.17. The van der Waals surface area contributed by atoms with Crippen LogP contribution in [-0.4, -0.2) is 29.1 Å². The molecule has 4 nitrogen and oxygen atoms in total. The van der Waals surface area contributed by atoms with E-state index in [1.54, 1.807) is 0 Å². The topological polar surface area (TPSA) is 55.0 Å². The highest BCUT2D eigenvalue weighted by Gasteiger charge is 2.27. The Kier molecular flexibility index (Phi) is 5.20. The molecule has 1 fully saturated rings. The number of hydrogen-bond acceptors (Lipinski definition) is 4. The average molecular weight is 290 g/mol. The molecule has 4 heteroatoms. The Balaban J connectivity index is 1.99. The number of hydrogen-bond donors (Lipinski definition) is 1. The van der Waals surface area contributed by atoms with Gasteiger partial charge < -0.3 is 10.6 Å². The Bertz CT molecular complexity index is 433. The third-order valence-corrected chi connectivity index (χ3v) is 4.49. The van der Waals surface area contributed by atoms with Gasteiger partial charge in [0.2, 0.25) is 5.95 Å². The van der Waals surface area contributed by atoms with Crippen LogP contribution in [0.1, 0.15) is 52.5 Å². The highest BCUT2D eigenvalue weighted by Crippen LogP contribution is 2.34. The molecule has 21 heavy (non-hydrogen) atoms. The lowest BCUT2D eigenvalue weighted by molar-refractivity contribution is 0.220. The monoisotopic (exact) mass is 290 g/mol. The predicted molar refractivity (Wildman–Crippen MR) is 88.4 cm³/mol. The largest absolute Gasteiger partial charge is 0.341 e. The molecule has 2 atom stereocenters. The summed E-state index contributed by atoms with van der Waals surface area (Å²) in [5, 5.41) is 0. The van der Waals surface area contributed by atoms with Gasteiger partial charge in [-0.25, -0.2) is 9.97 Å². The van der Waals surface area contributed by atoms with Crippen LogP contribution in [0.25, 0.3) is 0 Å². The van der Waals surface area contributed by atoms with E-state index in [0.717, 1.165) is 36.9 Å². The van der Waals surface area contributed by atoms with E-state index in [1.807, 2.05) is 19.3 Å². The zero-order valence-electron chi connectivity index (χ0n) is 14.0. The summed E-state index contributed by atoms with van der Waals surface area (Å²) < 4.78 is 0. The Labute approximate surface area is 129 Å². The van der Waals surface area contributed by atoms with Gasteiger partial charge in [-0.1, -0.05) is 20.8 Å². The zero-order valence-corrected chi connectivity index (χ0v) is 14.0. The van der Waals surface area contributed by atoms with E-state index in [4.69, 9.17) is 5.73 Å². The molecular weight excluding hydrogens is 260 g/mol. The van der Waals surface area contributed by atoms with E-state index >= 15 is 0 Å². The van der Waals surface area contributed by atoms with Crippen LogP contribution < -0.4 is 10.6 Å². The third-order valence-electron chi connectivity index (χ3n) is 4.49. The molecule has 2 unspecified atom stereocenters. The molecule has 0 bridgehead atoms. The van der Waals surface area contributed by atoms with Crippen molar-refractivity contribution >= 4 is 5.95 Å². The number of anilines is 1. The van der Waals surface area contributed by atoms with E-state index in [0.29, 0.717) is 5.41 Å². The number of nitrogens with two attached hydrogens (primary N) is 1. The van der Waals surface area contributed by atoms with Gasteiger partial charge in [0.1, 0.15) is 0 Å². The molecule has 1 aliphatic rings. The van der Waals surface area contributed by atoms with Gasteiger partial charge >= 0.3 is 0 Å². The van der Waals surface area contributed by atoms with Gasteiger partial charge in [0.05, 0.1) is 0 Å². The van der Waals surface area contributed by atoms with Crippen LogP contribution in [-0.2, 0) is 6.42 Å². The maximum Gasteiger partial charge on any atom is 0.225 e. The van der Waals surface area contributed by atoms with Gasteiger partial charge in [-0.15, -0.1) is 0 Å². The first kappa shape index (κ1) is 16.2. The lowest BCUT2D eigenvalue weighted by atomic mass is 9.77. The van der Waals surface area contributed by atoms with E-state index in [-0.39, 0.29) is 6.04 Å². The summed E-state index contributed by atoms with van der Waals surface area (Å²) in [7, 11) is 0. The first-order valence-corrected chi connectivity index (χ1v) is 8.17. The molecule has 0 spiro atoms. The predicted octanol–water partition coefficient (Wildman–Crippen LogP) is 3.02. The Hall–Kier alpha value is -1.16. The molecule has 118 valence electrons. The van der Waals surface area contributed by atoms with Crippen LogP contribution in [0.3, 0.4) is 0 Å². The molecular formula is C17H30N4. The summed E-state index contributed by atoms with van der Waals surface area (Å²) in [6.45, 7) is 11.2. The zero-order chi connectivity index (χ0) is 15.5. The van der Waals surface area contributed by atoms with Crippen LogP contribution in [0.5, 0.6) is 0 Å². The average Bonchev–Trinajstić information content (AvgIpc) is 2.64. The molecule has 0 radical (unpaired) electrons. The van der Waals surface area contributed by atoms with Gasteiger partial charge in [0, 0.05) is 31.5 Å². The fraction of sp³-hybridized carbons (Fsp3) is 0.765. The fourth-order valence-corrected chi connectivity index (χ4v) is 3.15. The van der Waals surface area contributed by atoms with E-state index in [9.17, 15) is 0 Å². The molecule has 1 saturated heterocycles. The van der Waals surface area contributed by atoms with Gasteiger partial charge in [-0.05, 0) is 49.5 Å².